The van der Waals surface area contributed by atoms with E-state index in [1.54, 1.807) is 30.3 Å². The Morgan fingerprint density at radius 2 is 1.93 bits per heavy atom. The number of methoxy groups -OCH3 is 1. The molecule has 3 aromatic rings. The summed E-state index contributed by atoms with van der Waals surface area (Å²) in [4.78, 5) is 40.9. The number of hydrogen-bond acceptors (Lipinski definition) is 5. The average molecular weight is 365 g/mol. The van der Waals surface area contributed by atoms with Gasteiger partial charge in [0.2, 0.25) is 5.91 Å². The van der Waals surface area contributed by atoms with Gasteiger partial charge in [-0.15, -0.1) is 0 Å². The van der Waals surface area contributed by atoms with E-state index in [1.807, 2.05) is 19.1 Å². The second-order valence-electron chi connectivity index (χ2n) is 6.05. The van der Waals surface area contributed by atoms with Crippen molar-refractivity contribution < 1.29 is 14.3 Å². The highest BCUT2D eigenvalue weighted by Crippen LogP contribution is 2.16. The van der Waals surface area contributed by atoms with Crippen molar-refractivity contribution in [1.29, 1.82) is 0 Å². The zero-order valence-electron chi connectivity index (χ0n) is 15.1. The first-order chi connectivity index (χ1) is 13.0. The van der Waals surface area contributed by atoms with Gasteiger partial charge in [-0.25, -0.2) is 9.78 Å². The molecule has 0 radical (unpaired) electrons. The smallest absolute Gasteiger partial charge is 0.339 e. The summed E-state index contributed by atoms with van der Waals surface area (Å²) in [6, 6.07) is 12.0. The SMILES string of the molecule is COC(=O)c1ccccc1NC(=O)CCn1cnc2c(C)cccc2c1=O. The number of anilines is 1. The number of ether oxygens (including phenoxy) is 1. The van der Waals surface area contributed by atoms with Gasteiger partial charge in [0.05, 0.1) is 35.6 Å². The van der Waals surface area contributed by atoms with Crippen LogP contribution in [0.5, 0.6) is 0 Å². The summed E-state index contributed by atoms with van der Waals surface area (Å²) in [7, 11) is 1.28. The summed E-state index contributed by atoms with van der Waals surface area (Å²) < 4.78 is 6.12. The van der Waals surface area contributed by atoms with Crippen molar-refractivity contribution in [3.05, 3.63) is 70.3 Å². The van der Waals surface area contributed by atoms with Crippen LogP contribution < -0.4 is 10.9 Å². The van der Waals surface area contributed by atoms with Crippen molar-refractivity contribution in [2.24, 2.45) is 0 Å². The number of amides is 1. The Labute approximate surface area is 155 Å². The second-order valence-corrected chi connectivity index (χ2v) is 6.05. The number of aromatic nitrogens is 2. The number of esters is 1. The molecule has 1 heterocycles. The van der Waals surface area contributed by atoms with E-state index >= 15 is 0 Å². The van der Waals surface area contributed by atoms with Gasteiger partial charge in [0, 0.05) is 13.0 Å². The topological polar surface area (TPSA) is 90.3 Å². The molecule has 27 heavy (non-hydrogen) atoms. The van der Waals surface area contributed by atoms with Crippen LogP contribution in [-0.4, -0.2) is 28.5 Å². The third kappa shape index (κ3) is 3.87. The van der Waals surface area contributed by atoms with Crippen LogP contribution >= 0.6 is 0 Å². The lowest BCUT2D eigenvalue weighted by Gasteiger charge is -2.10. The molecular formula is C20H19N3O4. The number of nitrogens with one attached hydrogen (secondary N) is 1. The first kappa shape index (κ1) is 18.3. The average Bonchev–Trinajstić information content (AvgIpc) is 2.68. The highest BCUT2D eigenvalue weighted by atomic mass is 16.5. The van der Waals surface area contributed by atoms with Crippen molar-refractivity contribution in [3.63, 3.8) is 0 Å². The number of fused-ring (bicyclic) bond motifs is 1. The van der Waals surface area contributed by atoms with E-state index in [2.05, 4.69) is 10.3 Å². The first-order valence-electron chi connectivity index (χ1n) is 8.43. The first-order valence-corrected chi connectivity index (χ1v) is 8.43. The van der Waals surface area contributed by atoms with Gasteiger partial charge in [-0.1, -0.05) is 24.3 Å². The minimum absolute atomic E-state index is 0.0639. The Morgan fingerprint density at radius 1 is 1.15 bits per heavy atom. The maximum atomic E-state index is 12.6. The summed E-state index contributed by atoms with van der Waals surface area (Å²) in [6.45, 7) is 2.08. The zero-order chi connectivity index (χ0) is 19.4. The molecule has 1 amide bonds. The molecule has 0 fully saturated rings. The largest absolute Gasteiger partial charge is 0.465 e. The van der Waals surface area contributed by atoms with Crippen molar-refractivity contribution >= 4 is 28.5 Å². The Balaban J connectivity index is 1.74. The fourth-order valence-electron chi connectivity index (χ4n) is 2.81. The Hall–Kier alpha value is -3.48. The normalized spacial score (nSPS) is 10.6. The molecule has 0 aliphatic rings. The predicted octanol–water partition coefficient (Wildman–Crippen LogP) is 2.52. The summed E-state index contributed by atoms with van der Waals surface area (Å²) in [5.41, 5.74) is 2.04. The van der Waals surface area contributed by atoms with Crippen LogP contribution in [0.3, 0.4) is 0 Å². The number of para-hydroxylation sites is 2. The zero-order valence-corrected chi connectivity index (χ0v) is 15.1. The maximum absolute atomic E-state index is 12.6. The molecule has 0 atom stereocenters. The molecule has 0 saturated heterocycles. The number of carbonyl (C=O) groups is 2. The van der Waals surface area contributed by atoms with Crippen LogP contribution in [-0.2, 0) is 16.1 Å². The Kier molecular flexibility index (Phi) is 5.30. The molecule has 138 valence electrons. The summed E-state index contributed by atoms with van der Waals surface area (Å²) in [5, 5.41) is 3.21. The van der Waals surface area contributed by atoms with Gasteiger partial charge in [0.25, 0.3) is 5.56 Å². The molecular weight excluding hydrogens is 346 g/mol. The third-order valence-electron chi connectivity index (χ3n) is 4.24. The van der Waals surface area contributed by atoms with Crippen LogP contribution in [0.15, 0.2) is 53.6 Å². The highest BCUT2D eigenvalue weighted by molar-refractivity contribution is 6.01. The molecule has 0 bridgehead atoms. The van der Waals surface area contributed by atoms with E-state index in [4.69, 9.17) is 4.74 Å². The van der Waals surface area contributed by atoms with E-state index in [1.165, 1.54) is 18.0 Å². The van der Waals surface area contributed by atoms with Gasteiger partial charge in [-0.2, -0.15) is 0 Å². The molecule has 3 rings (SSSR count). The molecule has 0 saturated carbocycles. The summed E-state index contributed by atoms with van der Waals surface area (Å²) >= 11 is 0. The van der Waals surface area contributed by atoms with E-state index in [0.29, 0.717) is 16.6 Å². The highest BCUT2D eigenvalue weighted by Gasteiger charge is 2.13. The van der Waals surface area contributed by atoms with Gasteiger partial charge in [0.1, 0.15) is 0 Å². The van der Waals surface area contributed by atoms with Gasteiger partial charge < -0.3 is 10.1 Å². The van der Waals surface area contributed by atoms with Gasteiger partial charge in [-0.3, -0.25) is 14.2 Å². The summed E-state index contributed by atoms with van der Waals surface area (Å²) in [6.07, 6.45) is 1.52. The molecule has 0 aliphatic heterocycles. The van der Waals surface area contributed by atoms with Crippen LogP contribution in [0, 0.1) is 6.92 Å². The van der Waals surface area contributed by atoms with E-state index < -0.39 is 5.97 Å². The molecule has 1 aromatic heterocycles. The van der Waals surface area contributed by atoms with Gasteiger partial charge in [0.15, 0.2) is 0 Å². The Morgan fingerprint density at radius 3 is 2.70 bits per heavy atom. The number of aryl methyl sites for hydroxylation is 2. The standard InChI is InChI=1S/C20H19N3O4/c1-13-6-5-8-15-18(13)21-12-23(19(15)25)11-10-17(24)22-16-9-4-3-7-14(16)20(26)27-2/h3-9,12H,10-11H2,1-2H3,(H,22,24). The minimum Gasteiger partial charge on any atom is -0.465 e. The van der Waals surface area contributed by atoms with Crippen molar-refractivity contribution in [1.82, 2.24) is 9.55 Å². The van der Waals surface area contributed by atoms with Crippen LogP contribution in [0.4, 0.5) is 5.69 Å². The predicted molar refractivity (Wildman–Crippen MR) is 102 cm³/mol. The number of hydrogen-bond donors (Lipinski definition) is 1. The molecule has 7 heteroatoms. The van der Waals surface area contributed by atoms with Crippen LogP contribution in [0.25, 0.3) is 10.9 Å². The number of nitrogens with zero attached hydrogens (tertiary/aromatic N) is 2. The van der Waals surface area contributed by atoms with Crippen molar-refractivity contribution in [3.8, 4) is 0 Å². The molecule has 0 unspecified atom stereocenters. The fraction of sp³-hybridized carbons (Fsp3) is 0.200. The monoisotopic (exact) mass is 365 g/mol. The van der Waals surface area contributed by atoms with E-state index in [-0.39, 0.29) is 30.0 Å². The lowest BCUT2D eigenvalue weighted by molar-refractivity contribution is -0.116. The maximum Gasteiger partial charge on any atom is 0.339 e. The number of benzene rings is 2. The molecule has 2 aromatic carbocycles. The molecule has 7 nitrogen and oxygen atoms in total. The molecule has 1 N–H and O–H groups in total. The fourth-order valence-corrected chi connectivity index (χ4v) is 2.81. The quantitative estimate of drug-likeness (QED) is 0.702. The number of carbonyl (C=O) groups excluding carboxylic acids is 2. The van der Waals surface area contributed by atoms with E-state index in [0.717, 1.165) is 5.56 Å². The van der Waals surface area contributed by atoms with Crippen molar-refractivity contribution in [2.45, 2.75) is 19.9 Å². The van der Waals surface area contributed by atoms with Gasteiger partial charge in [-0.05, 0) is 30.7 Å². The van der Waals surface area contributed by atoms with Crippen molar-refractivity contribution in [2.75, 3.05) is 12.4 Å². The number of rotatable bonds is 5. The van der Waals surface area contributed by atoms with E-state index in [9.17, 15) is 14.4 Å². The minimum atomic E-state index is -0.531. The van der Waals surface area contributed by atoms with Crippen LogP contribution in [0.2, 0.25) is 0 Å². The lowest BCUT2D eigenvalue weighted by atomic mass is 10.1. The lowest BCUT2D eigenvalue weighted by Crippen LogP contribution is -2.24. The molecule has 0 spiro atoms. The van der Waals surface area contributed by atoms with Gasteiger partial charge >= 0.3 is 5.97 Å². The van der Waals surface area contributed by atoms with Crippen LogP contribution in [0.1, 0.15) is 22.3 Å². The third-order valence-corrected chi connectivity index (χ3v) is 4.24. The Bertz CT molecular complexity index is 1070. The second kappa shape index (κ2) is 7.82. The molecule has 0 aliphatic carbocycles. The summed E-state index contributed by atoms with van der Waals surface area (Å²) in [5.74, 6) is -0.848.